The lowest BCUT2D eigenvalue weighted by Crippen LogP contribution is -2.24. The molecule has 1 aliphatic rings. The molecule has 2 rings (SSSR count). The lowest BCUT2D eigenvalue weighted by Gasteiger charge is -2.10. The van der Waals surface area contributed by atoms with Crippen molar-refractivity contribution in [1.82, 2.24) is 4.98 Å². The van der Waals surface area contributed by atoms with Gasteiger partial charge in [-0.15, -0.1) is 0 Å². The average Bonchev–Trinajstić information content (AvgIpc) is 2.93. The number of halogens is 1. The summed E-state index contributed by atoms with van der Waals surface area (Å²) in [6, 6.07) is 4.90. The number of hydrogen-bond donors (Lipinski definition) is 2. The molecule has 1 heterocycles. The maximum atomic E-state index is 11.2. The summed E-state index contributed by atoms with van der Waals surface area (Å²) in [4.78, 5) is 15.2. The van der Waals surface area contributed by atoms with Crippen molar-refractivity contribution < 1.29 is 15.0 Å². The summed E-state index contributed by atoms with van der Waals surface area (Å²) in [5.74, 6) is -1.20. The van der Waals surface area contributed by atoms with E-state index < -0.39 is 11.4 Å². The van der Waals surface area contributed by atoms with Crippen LogP contribution < -0.4 is 0 Å². The van der Waals surface area contributed by atoms with Crippen molar-refractivity contribution in [3.05, 3.63) is 29.0 Å². The highest BCUT2D eigenvalue weighted by atomic mass is 35.5. The molecule has 1 saturated carbocycles. The van der Waals surface area contributed by atoms with E-state index in [1.807, 2.05) is 0 Å². The second-order valence-corrected chi connectivity index (χ2v) is 4.09. The van der Waals surface area contributed by atoms with Crippen molar-refractivity contribution in [2.45, 2.75) is 11.8 Å². The van der Waals surface area contributed by atoms with Gasteiger partial charge in [0, 0.05) is 12.5 Å². The van der Waals surface area contributed by atoms with Crippen LogP contribution in [-0.4, -0.2) is 27.8 Å². The maximum absolute atomic E-state index is 11.2. The number of nitrogens with zero attached hydrogens (tertiary/aromatic N) is 1. The van der Waals surface area contributed by atoms with Crippen molar-refractivity contribution in [2.24, 2.45) is 5.92 Å². The van der Waals surface area contributed by atoms with Gasteiger partial charge in [0.05, 0.1) is 5.69 Å². The largest absolute Gasteiger partial charge is 0.481 e. The molecular weight excluding hydrogens is 218 g/mol. The van der Waals surface area contributed by atoms with Crippen LogP contribution in [0.25, 0.3) is 0 Å². The number of aliphatic carboxylic acids is 1. The molecule has 0 unspecified atom stereocenters. The van der Waals surface area contributed by atoms with E-state index in [4.69, 9.17) is 21.8 Å². The predicted molar refractivity (Wildman–Crippen MR) is 53.8 cm³/mol. The van der Waals surface area contributed by atoms with Crippen molar-refractivity contribution in [1.29, 1.82) is 0 Å². The van der Waals surface area contributed by atoms with Gasteiger partial charge in [-0.05, 0) is 18.6 Å². The third-order valence-electron chi connectivity index (χ3n) is 2.88. The summed E-state index contributed by atoms with van der Waals surface area (Å²) >= 11 is 5.71. The quantitative estimate of drug-likeness (QED) is 0.758. The summed E-state index contributed by atoms with van der Waals surface area (Å²) in [6.07, 6.45) is 0.423. The van der Waals surface area contributed by atoms with Crippen LogP contribution in [0.5, 0.6) is 0 Å². The Balaban J connectivity index is 2.40. The van der Waals surface area contributed by atoms with Crippen molar-refractivity contribution in [3.8, 4) is 0 Å². The number of aromatic nitrogens is 1. The highest BCUT2D eigenvalue weighted by Crippen LogP contribution is 2.53. The van der Waals surface area contributed by atoms with Crippen molar-refractivity contribution in [2.75, 3.05) is 6.61 Å². The normalized spacial score (nSPS) is 28.8. The Kier molecular flexibility index (Phi) is 2.40. The molecular formula is C10H10ClNO3. The fourth-order valence-corrected chi connectivity index (χ4v) is 2.06. The zero-order valence-electron chi connectivity index (χ0n) is 7.85. The monoisotopic (exact) mass is 227 g/mol. The molecule has 2 atom stereocenters. The van der Waals surface area contributed by atoms with Gasteiger partial charge in [0.1, 0.15) is 10.6 Å². The first-order valence-electron chi connectivity index (χ1n) is 4.58. The first kappa shape index (κ1) is 10.4. The fraction of sp³-hybridized carbons (Fsp3) is 0.400. The predicted octanol–water partition coefficient (Wildman–Crippen LogP) is 1.07. The minimum Gasteiger partial charge on any atom is -0.481 e. The summed E-state index contributed by atoms with van der Waals surface area (Å²) in [7, 11) is 0. The number of carboxylic acids is 1. The second kappa shape index (κ2) is 3.47. The van der Waals surface area contributed by atoms with E-state index in [9.17, 15) is 4.79 Å². The van der Waals surface area contributed by atoms with E-state index in [1.165, 1.54) is 0 Å². The lowest BCUT2D eigenvalue weighted by molar-refractivity contribution is -0.140. The molecule has 0 radical (unpaired) electrons. The van der Waals surface area contributed by atoms with E-state index >= 15 is 0 Å². The Morgan fingerprint density at radius 2 is 2.40 bits per heavy atom. The maximum Gasteiger partial charge on any atom is 0.316 e. The van der Waals surface area contributed by atoms with Gasteiger partial charge in [-0.3, -0.25) is 4.79 Å². The molecule has 5 heteroatoms. The van der Waals surface area contributed by atoms with E-state index in [0.29, 0.717) is 12.1 Å². The summed E-state index contributed by atoms with van der Waals surface area (Å²) in [6.45, 7) is -0.138. The van der Waals surface area contributed by atoms with E-state index in [0.717, 1.165) is 0 Å². The van der Waals surface area contributed by atoms with Gasteiger partial charge in [0.25, 0.3) is 0 Å². The van der Waals surface area contributed by atoms with E-state index in [-0.39, 0.29) is 17.7 Å². The molecule has 1 aliphatic carbocycles. The first-order valence-corrected chi connectivity index (χ1v) is 4.96. The van der Waals surface area contributed by atoms with Crippen LogP contribution in [0.15, 0.2) is 18.2 Å². The van der Waals surface area contributed by atoms with Crippen LogP contribution in [0.2, 0.25) is 5.15 Å². The average molecular weight is 228 g/mol. The molecule has 0 amide bonds. The molecule has 2 N–H and O–H groups in total. The van der Waals surface area contributed by atoms with Gasteiger partial charge in [-0.2, -0.15) is 0 Å². The third-order valence-corrected chi connectivity index (χ3v) is 3.09. The third kappa shape index (κ3) is 1.50. The second-order valence-electron chi connectivity index (χ2n) is 3.71. The van der Waals surface area contributed by atoms with Gasteiger partial charge in [0.2, 0.25) is 0 Å². The van der Waals surface area contributed by atoms with Crippen LogP contribution in [0, 0.1) is 5.92 Å². The minimum atomic E-state index is -1.03. The van der Waals surface area contributed by atoms with Crippen LogP contribution in [0.3, 0.4) is 0 Å². The Labute approximate surface area is 91.5 Å². The number of carbonyl (C=O) groups is 1. The molecule has 1 aromatic rings. The Morgan fingerprint density at radius 1 is 1.67 bits per heavy atom. The van der Waals surface area contributed by atoms with Crippen molar-refractivity contribution in [3.63, 3.8) is 0 Å². The molecule has 80 valence electrons. The highest BCUT2D eigenvalue weighted by Gasteiger charge is 2.62. The van der Waals surface area contributed by atoms with Gasteiger partial charge < -0.3 is 10.2 Å². The number of aliphatic hydroxyl groups excluding tert-OH is 1. The number of rotatable bonds is 3. The molecule has 0 aliphatic heterocycles. The fourth-order valence-electron chi connectivity index (χ4n) is 1.89. The van der Waals surface area contributed by atoms with Crippen LogP contribution in [-0.2, 0) is 10.2 Å². The van der Waals surface area contributed by atoms with Gasteiger partial charge in [-0.1, -0.05) is 17.7 Å². The number of aliphatic hydroxyl groups is 1. The first-order chi connectivity index (χ1) is 7.11. The summed E-state index contributed by atoms with van der Waals surface area (Å²) in [5, 5.41) is 18.4. The van der Waals surface area contributed by atoms with E-state index in [1.54, 1.807) is 18.2 Å². The standard InChI is InChI=1S/C10H10ClNO3/c11-8-3-1-2-7(12-8)10(9(14)15)4-6(10)5-13/h1-3,6,13H,4-5H2,(H,14,15)/t6-,10-/m0/s1. The molecule has 1 aromatic heterocycles. The van der Waals surface area contributed by atoms with Crippen LogP contribution in [0.4, 0.5) is 0 Å². The smallest absolute Gasteiger partial charge is 0.316 e. The zero-order valence-corrected chi connectivity index (χ0v) is 8.61. The molecule has 0 bridgehead atoms. The molecule has 0 saturated heterocycles. The van der Waals surface area contributed by atoms with Gasteiger partial charge >= 0.3 is 5.97 Å². The SMILES string of the molecule is O=C(O)[C@@]1(c2cccc(Cl)n2)C[C@H]1CO. The molecule has 0 spiro atoms. The number of carboxylic acid groups (broad SMARTS) is 1. The Bertz CT molecular complexity index is 409. The number of hydrogen-bond acceptors (Lipinski definition) is 3. The molecule has 0 aromatic carbocycles. The zero-order chi connectivity index (χ0) is 11.1. The van der Waals surface area contributed by atoms with Crippen LogP contribution in [0.1, 0.15) is 12.1 Å². The summed E-state index contributed by atoms with van der Waals surface area (Å²) < 4.78 is 0. The summed E-state index contributed by atoms with van der Waals surface area (Å²) in [5.41, 5.74) is -0.596. The molecule has 15 heavy (non-hydrogen) atoms. The van der Waals surface area contributed by atoms with E-state index in [2.05, 4.69) is 4.98 Å². The highest BCUT2D eigenvalue weighted by molar-refractivity contribution is 6.29. The topological polar surface area (TPSA) is 70.4 Å². The van der Waals surface area contributed by atoms with Crippen LogP contribution >= 0.6 is 11.6 Å². The molecule has 1 fully saturated rings. The molecule has 4 nitrogen and oxygen atoms in total. The van der Waals surface area contributed by atoms with Gasteiger partial charge in [0.15, 0.2) is 0 Å². The minimum absolute atomic E-state index is 0.138. The number of pyridine rings is 1. The lowest BCUT2D eigenvalue weighted by atomic mass is 9.99. The van der Waals surface area contributed by atoms with Crippen molar-refractivity contribution >= 4 is 17.6 Å². The Morgan fingerprint density at radius 3 is 2.87 bits per heavy atom. The van der Waals surface area contributed by atoms with Gasteiger partial charge in [-0.25, -0.2) is 4.98 Å². The Hall–Kier alpha value is -1.13.